The summed E-state index contributed by atoms with van der Waals surface area (Å²) in [5, 5.41) is 9.05. The molecular weight excluding hydrogens is 382 g/mol. The number of ether oxygens (including phenoxy) is 1. The molecule has 1 aliphatic carbocycles. The summed E-state index contributed by atoms with van der Waals surface area (Å²) in [6, 6.07) is 10.6. The standard InChI is InChI=1S/C27H37N3O/c1-2-3-4-5-6-7-8-9-18-31-26-16-14-23(15-17-26)25-20-29-27(30-21-25)24-12-10-22(19-28)11-13-24/h14-17,20-22,24H,2-13,18H2,1H3. The molecule has 4 heteroatoms. The lowest BCUT2D eigenvalue weighted by atomic mass is 9.82. The van der Waals surface area contributed by atoms with Gasteiger partial charge in [-0.05, 0) is 49.8 Å². The molecule has 1 aliphatic rings. The zero-order valence-electron chi connectivity index (χ0n) is 19.1. The molecule has 1 heterocycles. The molecule has 0 bridgehead atoms. The van der Waals surface area contributed by atoms with E-state index in [0.717, 1.165) is 61.4 Å². The van der Waals surface area contributed by atoms with Gasteiger partial charge in [-0.1, -0.05) is 64.0 Å². The topological polar surface area (TPSA) is 58.8 Å². The first kappa shape index (κ1) is 23.3. The van der Waals surface area contributed by atoms with Crippen LogP contribution in [0.3, 0.4) is 0 Å². The van der Waals surface area contributed by atoms with Crippen LogP contribution in [0.25, 0.3) is 11.1 Å². The SMILES string of the molecule is CCCCCCCCCCOc1ccc(-c2cnc(C3CCC(C#N)CC3)nc2)cc1. The summed E-state index contributed by atoms with van der Waals surface area (Å²) < 4.78 is 5.90. The van der Waals surface area contributed by atoms with Crippen molar-refractivity contribution in [1.82, 2.24) is 9.97 Å². The molecule has 3 rings (SSSR count). The second-order valence-corrected chi connectivity index (χ2v) is 8.86. The van der Waals surface area contributed by atoms with E-state index in [-0.39, 0.29) is 5.92 Å². The second-order valence-electron chi connectivity index (χ2n) is 8.86. The first-order chi connectivity index (χ1) is 15.3. The fourth-order valence-electron chi connectivity index (χ4n) is 4.35. The highest BCUT2D eigenvalue weighted by Crippen LogP contribution is 2.34. The quantitative estimate of drug-likeness (QED) is 0.335. The van der Waals surface area contributed by atoms with E-state index in [1.807, 2.05) is 24.5 Å². The number of benzene rings is 1. The highest BCUT2D eigenvalue weighted by Gasteiger charge is 2.23. The van der Waals surface area contributed by atoms with Crippen molar-refractivity contribution in [3.63, 3.8) is 0 Å². The molecule has 0 N–H and O–H groups in total. The zero-order valence-corrected chi connectivity index (χ0v) is 19.1. The molecule has 1 fully saturated rings. The first-order valence-electron chi connectivity index (χ1n) is 12.2. The molecule has 4 nitrogen and oxygen atoms in total. The number of hydrogen-bond acceptors (Lipinski definition) is 4. The van der Waals surface area contributed by atoms with Gasteiger partial charge in [0.05, 0.1) is 12.7 Å². The van der Waals surface area contributed by atoms with Crippen LogP contribution in [0, 0.1) is 17.2 Å². The van der Waals surface area contributed by atoms with Gasteiger partial charge in [-0.15, -0.1) is 0 Å². The highest BCUT2D eigenvalue weighted by atomic mass is 16.5. The van der Waals surface area contributed by atoms with Crippen LogP contribution in [-0.4, -0.2) is 16.6 Å². The molecule has 31 heavy (non-hydrogen) atoms. The minimum absolute atomic E-state index is 0.215. The molecule has 0 unspecified atom stereocenters. The van der Waals surface area contributed by atoms with Crippen molar-refractivity contribution in [2.45, 2.75) is 89.9 Å². The fraction of sp³-hybridized carbons (Fsp3) is 0.593. The molecule has 0 radical (unpaired) electrons. The predicted octanol–water partition coefficient (Wildman–Crippen LogP) is 7.46. The van der Waals surface area contributed by atoms with E-state index >= 15 is 0 Å². The van der Waals surface area contributed by atoms with Gasteiger partial charge in [0.25, 0.3) is 0 Å². The first-order valence-corrected chi connectivity index (χ1v) is 12.2. The van der Waals surface area contributed by atoms with E-state index in [4.69, 9.17) is 10.00 Å². The van der Waals surface area contributed by atoms with Gasteiger partial charge in [0.2, 0.25) is 0 Å². The summed E-state index contributed by atoms with van der Waals surface area (Å²) in [5.41, 5.74) is 2.14. The Balaban J connectivity index is 1.38. The molecule has 2 aromatic rings. The molecule has 0 amide bonds. The summed E-state index contributed by atoms with van der Waals surface area (Å²) in [7, 11) is 0. The van der Waals surface area contributed by atoms with Crippen molar-refractivity contribution in [2.24, 2.45) is 5.92 Å². The lowest BCUT2D eigenvalue weighted by Gasteiger charge is -2.23. The predicted molar refractivity (Wildman–Crippen MR) is 126 cm³/mol. The lowest BCUT2D eigenvalue weighted by molar-refractivity contribution is 0.304. The lowest BCUT2D eigenvalue weighted by Crippen LogP contribution is -2.14. The summed E-state index contributed by atoms with van der Waals surface area (Å²) in [6.07, 6.45) is 18.3. The van der Waals surface area contributed by atoms with Crippen LogP contribution in [0.5, 0.6) is 5.75 Å². The van der Waals surface area contributed by atoms with Gasteiger partial charge < -0.3 is 4.74 Å². The maximum absolute atomic E-state index is 9.05. The Morgan fingerprint density at radius 2 is 1.45 bits per heavy atom. The molecule has 0 atom stereocenters. The Bertz CT molecular complexity index is 787. The summed E-state index contributed by atoms with van der Waals surface area (Å²) in [4.78, 5) is 9.26. The third-order valence-corrected chi connectivity index (χ3v) is 6.40. The number of aromatic nitrogens is 2. The average molecular weight is 420 g/mol. The van der Waals surface area contributed by atoms with Gasteiger partial charge in [-0.3, -0.25) is 0 Å². The van der Waals surface area contributed by atoms with Gasteiger partial charge in [0.1, 0.15) is 11.6 Å². The van der Waals surface area contributed by atoms with Crippen molar-refractivity contribution in [3.05, 3.63) is 42.5 Å². The maximum atomic E-state index is 9.05. The van der Waals surface area contributed by atoms with E-state index in [1.54, 1.807) is 0 Å². The van der Waals surface area contributed by atoms with Gasteiger partial charge in [-0.2, -0.15) is 5.26 Å². The summed E-state index contributed by atoms with van der Waals surface area (Å²) in [5.74, 6) is 2.46. The average Bonchev–Trinajstić information content (AvgIpc) is 2.83. The van der Waals surface area contributed by atoms with Crippen LogP contribution < -0.4 is 4.74 Å². The molecular formula is C27H37N3O. The third kappa shape index (κ3) is 7.65. The van der Waals surface area contributed by atoms with Crippen molar-refractivity contribution in [3.8, 4) is 22.9 Å². The second kappa shape index (κ2) is 13.1. The Morgan fingerprint density at radius 3 is 2.06 bits per heavy atom. The normalized spacial score (nSPS) is 18.5. The summed E-state index contributed by atoms with van der Waals surface area (Å²) in [6.45, 7) is 3.05. The Labute approximate surface area is 188 Å². The third-order valence-electron chi connectivity index (χ3n) is 6.40. The van der Waals surface area contributed by atoms with Gasteiger partial charge in [-0.25, -0.2) is 9.97 Å². The number of rotatable bonds is 12. The molecule has 0 aliphatic heterocycles. The zero-order chi connectivity index (χ0) is 21.7. The van der Waals surface area contributed by atoms with E-state index in [2.05, 4.69) is 35.1 Å². The summed E-state index contributed by atoms with van der Waals surface area (Å²) >= 11 is 0. The maximum Gasteiger partial charge on any atom is 0.131 e. The van der Waals surface area contributed by atoms with Crippen LogP contribution in [0.4, 0.5) is 0 Å². The Kier molecular flexibility index (Phi) is 9.83. The van der Waals surface area contributed by atoms with Crippen LogP contribution in [0.15, 0.2) is 36.7 Å². The smallest absolute Gasteiger partial charge is 0.131 e. The van der Waals surface area contributed by atoms with Crippen molar-refractivity contribution >= 4 is 0 Å². The van der Waals surface area contributed by atoms with E-state index in [9.17, 15) is 0 Å². The molecule has 1 saturated carbocycles. The van der Waals surface area contributed by atoms with E-state index in [0.29, 0.717) is 5.92 Å². The number of hydrogen-bond donors (Lipinski definition) is 0. The van der Waals surface area contributed by atoms with Crippen LogP contribution in [-0.2, 0) is 0 Å². The number of nitriles is 1. The minimum Gasteiger partial charge on any atom is -0.494 e. The molecule has 0 saturated heterocycles. The van der Waals surface area contributed by atoms with Crippen LogP contribution in [0.1, 0.15) is 95.7 Å². The van der Waals surface area contributed by atoms with Gasteiger partial charge >= 0.3 is 0 Å². The minimum atomic E-state index is 0.215. The monoisotopic (exact) mass is 419 g/mol. The Morgan fingerprint density at radius 1 is 0.839 bits per heavy atom. The number of unbranched alkanes of at least 4 members (excludes halogenated alkanes) is 7. The molecule has 1 aromatic carbocycles. The van der Waals surface area contributed by atoms with E-state index in [1.165, 1.54) is 44.9 Å². The van der Waals surface area contributed by atoms with Gasteiger partial charge in [0, 0.05) is 29.8 Å². The highest BCUT2D eigenvalue weighted by molar-refractivity contribution is 5.62. The van der Waals surface area contributed by atoms with Crippen LogP contribution in [0.2, 0.25) is 0 Å². The number of nitrogens with zero attached hydrogens (tertiary/aromatic N) is 3. The van der Waals surface area contributed by atoms with E-state index < -0.39 is 0 Å². The molecule has 166 valence electrons. The largest absolute Gasteiger partial charge is 0.494 e. The van der Waals surface area contributed by atoms with Crippen molar-refractivity contribution < 1.29 is 4.74 Å². The molecule has 0 spiro atoms. The van der Waals surface area contributed by atoms with Crippen molar-refractivity contribution in [2.75, 3.05) is 6.61 Å². The fourth-order valence-corrected chi connectivity index (χ4v) is 4.35. The van der Waals surface area contributed by atoms with Gasteiger partial charge in [0.15, 0.2) is 0 Å². The van der Waals surface area contributed by atoms with Crippen molar-refractivity contribution in [1.29, 1.82) is 5.26 Å². The van der Waals surface area contributed by atoms with Crippen LogP contribution >= 0.6 is 0 Å². The Hall–Kier alpha value is -2.41. The molecule has 1 aromatic heterocycles.